The van der Waals surface area contributed by atoms with E-state index in [1.165, 1.54) is 11.1 Å². The second-order valence-corrected chi connectivity index (χ2v) is 8.09. The van der Waals surface area contributed by atoms with Crippen LogP contribution in [0.3, 0.4) is 0 Å². The fraction of sp³-hybridized carbons (Fsp3) is 0.200. The zero-order chi connectivity index (χ0) is 22.1. The van der Waals surface area contributed by atoms with Crippen molar-refractivity contribution in [3.63, 3.8) is 0 Å². The molecule has 162 valence electrons. The summed E-state index contributed by atoms with van der Waals surface area (Å²) in [5.74, 6) is -0.430. The van der Waals surface area contributed by atoms with E-state index in [4.69, 9.17) is 5.73 Å². The molecule has 7 heteroatoms. The number of allylic oxidation sites excluding steroid dienone is 1. The van der Waals surface area contributed by atoms with Crippen molar-refractivity contribution in [3.8, 4) is 0 Å². The summed E-state index contributed by atoms with van der Waals surface area (Å²) in [5, 5.41) is 11.0. The number of fused-ring (bicyclic) bond motifs is 1. The van der Waals surface area contributed by atoms with Crippen LogP contribution in [0.15, 0.2) is 83.3 Å². The highest BCUT2D eigenvalue weighted by molar-refractivity contribution is 6.00. The average molecular weight is 427 g/mol. The molecule has 5 rings (SSSR count). The van der Waals surface area contributed by atoms with Crippen LogP contribution in [0.25, 0.3) is 5.52 Å². The Kier molecular flexibility index (Phi) is 5.34. The van der Waals surface area contributed by atoms with E-state index in [1.807, 2.05) is 59.4 Å². The number of nitrogens with zero attached hydrogens (tertiary/aromatic N) is 2. The SMILES string of the molecule is Cc1cc2c(C(N)=O)cccn2c1C1NC2=C(CC=NC=C2)C(NCc2ccccc2)N1. The minimum atomic E-state index is -0.430. The normalized spacial score (nSPS) is 20.2. The molecule has 0 radical (unpaired) electrons. The lowest BCUT2D eigenvalue weighted by Gasteiger charge is -2.36. The molecular formula is C25H26N6O. The number of pyridine rings is 1. The zero-order valence-corrected chi connectivity index (χ0v) is 17.9. The molecule has 0 saturated heterocycles. The monoisotopic (exact) mass is 426 g/mol. The lowest BCUT2D eigenvalue weighted by Crippen LogP contribution is -2.53. The first-order chi connectivity index (χ1) is 15.6. The summed E-state index contributed by atoms with van der Waals surface area (Å²) < 4.78 is 2.04. The average Bonchev–Trinajstić information content (AvgIpc) is 2.96. The first kappa shape index (κ1) is 20.2. The molecule has 2 aliphatic rings. The van der Waals surface area contributed by atoms with Crippen LogP contribution in [-0.4, -0.2) is 22.7 Å². The van der Waals surface area contributed by atoms with E-state index in [1.54, 1.807) is 6.07 Å². The molecule has 0 aliphatic carbocycles. The molecule has 5 N–H and O–H groups in total. The number of amides is 1. The number of aromatic nitrogens is 1. The van der Waals surface area contributed by atoms with Gasteiger partial charge in [-0.25, -0.2) is 0 Å². The Morgan fingerprint density at radius 2 is 2.09 bits per heavy atom. The summed E-state index contributed by atoms with van der Waals surface area (Å²) in [6.45, 7) is 2.79. The maximum Gasteiger partial charge on any atom is 0.250 e. The van der Waals surface area contributed by atoms with Crippen LogP contribution >= 0.6 is 0 Å². The summed E-state index contributed by atoms with van der Waals surface area (Å²) in [4.78, 5) is 16.3. The van der Waals surface area contributed by atoms with Crippen LogP contribution in [0.1, 0.15) is 39.8 Å². The highest BCUT2D eigenvalue weighted by Crippen LogP contribution is 2.29. The molecule has 2 aliphatic heterocycles. The number of carbonyl (C=O) groups is 1. The number of aryl methyl sites for hydroxylation is 1. The summed E-state index contributed by atoms with van der Waals surface area (Å²) in [7, 11) is 0. The van der Waals surface area contributed by atoms with E-state index in [-0.39, 0.29) is 12.3 Å². The Balaban J connectivity index is 1.52. The quantitative estimate of drug-likeness (QED) is 0.504. The molecule has 1 aromatic carbocycles. The highest BCUT2D eigenvalue weighted by Gasteiger charge is 2.30. The van der Waals surface area contributed by atoms with Gasteiger partial charge in [-0.1, -0.05) is 30.3 Å². The Labute approximate surface area is 186 Å². The number of hydrogen-bond acceptors (Lipinski definition) is 5. The first-order valence-electron chi connectivity index (χ1n) is 10.7. The van der Waals surface area contributed by atoms with Gasteiger partial charge in [0, 0.05) is 37.3 Å². The minimum absolute atomic E-state index is 0.0464. The smallest absolute Gasteiger partial charge is 0.250 e. The predicted octanol–water partition coefficient (Wildman–Crippen LogP) is 2.90. The molecule has 0 bridgehead atoms. The van der Waals surface area contributed by atoms with Crippen LogP contribution in [0.4, 0.5) is 0 Å². The molecule has 0 saturated carbocycles. The molecule has 0 fully saturated rings. The van der Waals surface area contributed by atoms with Gasteiger partial charge in [-0.2, -0.15) is 0 Å². The number of nitrogens with one attached hydrogen (secondary N) is 3. The van der Waals surface area contributed by atoms with Crippen molar-refractivity contribution in [2.45, 2.75) is 32.2 Å². The summed E-state index contributed by atoms with van der Waals surface area (Å²) in [6.07, 6.45) is 8.27. The lowest BCUT2D eigenvalue weighted by molar-refractivity contribution is 0.100. The van der Waals surface area contributed by atoms with Crippen molar-refractivity contribution in [3.05, 3.63) is 101 Å². The van der Waals surface area contributed by atoms with Gasteiger partial charge in [-0.05, 0) is 47.9 Å². The highest BCUT2D eigenvalue weighted by atomic mass is 16.1. The van der Waals surface area contributed by atoms with Crippen molar-refractivity contribution in [2.24, 2.45) is 10.7 Å². The van der Waals surface area contributed by atoms with Gasteiger partial charge in [0.25, 0.3) is 5.91 Å². The van der Waals surface area contributed by atoms with Gasteiger partial charge in [0.2, 0.25) is 0 Å². The predicted molar refractivity (Wildman–Crippen MR) is 126 cm³/mol. The minimum Gasteiger partial charge on any atom is -0.366 e. The van der Waals surface area contributed by atoms with Gasteiger partial charge < -0.3 is 15.5 Å². The van der Waals surface area contributed by atoms with E-state index < -0.39 is 5.91 Å². The topological polar surface area (TPSA) is 96.0 Å². The Morgan fingerprint density at radius 1 is 1.25 bits per heavy atom. The largest absolute Gasteiger partial charge is 0.366 e. The second-order valence-electron chi connectivity index (χ2n) is 8.09. The summed E-state index contributed by atoms with van der Waals surface area (Å²) in [6, 6.07) is 16.0. The van der Waals surface area contributed by atoms with E-state index in [0.717, 1.165) is 35.4 Å². The fourth-order valence-electron chi connectivity index (χ4n) is 4.49. The third-order valence-electron chi connectivity index (χ3n) is 6.01. The van der Waals surface area contributed by atoms with E-state index in [0.29, 0.717) is 5.56 Å². The second kappa shape index (κ2) is 8.45. The number of nitrogens with two attached hydrogens (primary N) is 1. The maximum atomic E-state index is 11.9. The van der Waals surface area contributed by atoms with Crippen molar-refractivity contribution >= 4 is 17.6 Å². The van der Waals surface area contributed by atoms with Crippen LogP contribution < -0.4 is 21.7 Å². The molecule has 2 aromatic heterocycles. The molecule has 32 heavy (non-hydrogen) atoms. The number of aliphatic imine (C=N–C) groups is 1. The molecule has 3 aromatic rings. The molecular weight excluding hydrogens is 400 g/mol. The number of hydrogen-bond donors (Lipinski definition) is 4. The van der Waals surface area contributed by atoms with Crippen molar-refractivity contribution in [1.29, 1.82) is 0 Å². The third-order valence-corrected chi connectivity index (χ3v) is 6.01. The third kappa shape index (κ3) is 3.72. The van der Waals surface area contributed by atoms with Crippen LogP contribution in [0.2, 0.25) is 0 Å². The number of rotatable bonds is 5. The summed E-state index contributed by atoms with van der Waals surface area (Å²) >= 11 is 0. The zero-order valence-electron chi connectivity index (χ0n) is 17.9. The van der Waals surface area contributed by atoms with Crippen LogP contribution in [0.5, 0.6) is 0 Å². The summed E-state index contributed by atoms with van der Waals surface area (Å²) in [5.41, 5.74) is 12.5. The van der Waals surface area contributed by atoms with Gasteiger partial charge in [0.1, 0.15) is 6.17 Å². The molecule has 7 nitrogen and oxygen atoms in total. The Morgan fingerprint density at radius 3 is 2.91 bits per heavy atom. The van der Waals surface area contributed by atoms with Crippen LogP contribution in [-0.2, 0) is 6.54 Å². The molecule has 2 unspecified atom stereocenters. The van der Waals surface area contributed by atoms with Crippen LogP contribution in [0, 0.1) is 6.92 Å². The number of carbonyl (C=O) groups excluding carboxylic acids is 1. The Bertz CT molecular complexity index is 1250. The van der Waals surface area contributed by atoms with Crippen molar-refractivity contribution in [2.75, 3.05) is 0 Å². The fourth-order valence-corrected chi connectivity index (χ4v) is 4.49. The molecule has 2 atom stereocenters. The maximum absolute atomic E-state index is 11.9. The lowest BCUT2D eigenvalue weighted by atomic mass is 10.0. The first-order valence-corrected chi connectivity index (χ1v) is 10.7. The molecule has 0 spiro atoms. The van der Waals surface area contributed by atoms with Crippen molar-refractivity contribution in [1.82, 2.24) is 20.4 Å². The van der Waals surface area contributed by atoms with E-state index >= 15 is 0 Å². The van der Waals surface area contributed by atoms with Crippen molar-refractivity contribution < 1.29 is 4.79 Å². The molecule has 1 amide bonds. The molecule has 4 heterocycles. The standard InChI is InChI=1S/C25H26N6O/c1-16-14-21-19(23(26)32)8-5-13-31(21)22(16)25-29-20-10-12-27-11-9-18(20)24(30-25)28-15-17-6-3-2-4-7-17/h2-8,10-14,24-25,28-30H,9,15H2,1H3,(H2,26,32). The Hall–Kier alpha value is -3.68. The van der Waals surface area contributed by atoms with Gasteiger partial charge in [-0.3, -0.25) is 20.4 Å². The van der Waals surface area contributed by atoms with Gasteiger partial charge in [0.05, 0.1) is 22.9 Å². The van der Waals surface area contributed by atoms with E-state index in [9.17, 15) is 4.79 Å². The van der Waals surface area contributed by atoms with Gasteiger partial charge in [-0.15, -0.1) is 0 Å². The van der Waals surface area contributed by atoms with Gasteiger partial charge >= 0.3 is 0 Å². The van der Waals surface area contributed by atoms with E-state index in [2.05, 4.69) is 40.0 Å². The number of primary amides is 1. The number of benzene rings is 1. The van der Waals surface area contributed by atoms with Gasteiger partial charge in [0.15, 0.2) is 0 Å².